The molecule has 0 aromatic heterocycles. The van der Waals surface area contributed by atoms with Crippen LogP contribution < -0.4 is 19.1 Å². The summed E-state index contributed by atoms with van der Waals surface area (Å²) in [6, 6.07) is 18.4. The smallest absolute Gasteiger partial charge is 0.244 e. The predicted molar refractivity (Wildman–Crippen MR) is 147 cm³/mol. The second-order valence-electron chi connectivity index (χ2n) is 8.74. The van der Waals surface area contributed by atoms with Crippen molar-refractivity contribution >= 4 is 27.5 Å². The zero-order valence-corrected chi connectivity index (χ0v) is 23.1. The van der Waals surface area contributed by atoms with Gasteiger partial charge in [-0.05, 0) is 23.8 Å². The number of likely N-dealkylation sites (N-methyl/N-ethyl adjacent to an activating group) is 1. The van der Waals surface area contributed by atoms with Crippen LogP contribution in [0.15, 0.2) is 72.8 Å². The van der Waals surface area contributed by atoms with Crippen LogP contribution in [0.3, 0.4) is 0 Å². The third kappa shape index (κ3) is 7.47. The van der Waals surface area contributed by atoms with E-state index in [2.05, 4.69) is 5.32 Å². The minimum atomic E-state index is -4.00. The highest BCUT2D eigenvalue weighted by Gasteiger charge is 2.33. The number of nitrogens with zero attached hydrogens (tertiary/aromatic N) is 2. The normalized spacial score (nSPS) is 11.8. The van der Waals surface area contributed by atoms with Gasteiger partial charge in [0, 0.05) is 31.6 Å². The molecule has 3 aromatic carbocycles. The van der Waals surface area contributed by atoms with Crippen molar-refractivity contribution in [2.24, 2.45) is 0 Å². The molecule has 2 amide bonds. The molecule has 3 rings (SSSR count). The Morgan fingerprint density at radius 1 is 0.974 bits per heavy atom. The van der Waals surface area contributed by atoms with Crippen LogP contribution in [0.5, 0.6) is 11.5 Å². The maximum absolute atomic E-state index is 14.7. The summed E-state index contributed by atoms with van der Waals surface area (Å²) in [6.07, 6.45) is 1.09. The van der Waals surface area contributed by atoms with Gasteiger partial charge >= 0.3 is 0 Å². The first-order chi connectivity index (χ1) is 18.6. The Kier molecular flexibility index (Phi) is 9.89. The fourth-order valence-corrected chi connectivity index (χ4v) is 4.97. The van der Waals surface area contributed by atoms with Crippen molar-refractivity contribution in [3.63, 3.8) is 0 Å². The van der Waals surface area contributed by atoms with E-state index in [-0.39, 0.29) is 30.0 Å². The van der Waals surface area contributed by atoms with Gasteiger partial charge in [-0.15, -0.1) is 0 Å². The van der Waals surface area contributed by atoms with Crippen molar-refractivity contribution in [3.8, 4) is 11.5 Å². The molecule has 1 atom stereocenters. The standard InChI is InChI=1S/C28H32FN3O6S/c1-30-28(34)25(16-20-10-6-5-7-11-20)31(18-21-12-8-9-13-23(21)29)27(33)19-32(39(4,35)36)24-15-14-22(37-2)17-26(24)38-3/h5-15,17,25H,16,18-19H2,1-4H3,(H,30,34)/t25-/m1/s1. The number of benzene rings is 3. The van der Waals surface area contributed by atoms with E-state index in [0.717, 1.165) is 16.1 Å². The molecule has 1 N–H and O–H groups in total. The van der Waals surface area contributed by atoms with Gasteiger partial charge < -0.3 is 19.7 Å². The maximum atomic E-state index is 14.7. The van der Waals surface area contributed by atoms with E-state index in [9.17, 15) is 22.4 Å². The van der Waals surface area contributed by atoms with E-state index in [4.69, 9.17) is 9.47 Å². The average Bonchev–Trinajstić information content (AvgIpc) is 2.93. The molecule has 3 aromatic rings. The second-order valence-corrected chi connectivity index (χ2v) is 10.6. The average molecular weight is 558 g/mol. The lowest BCUT2D eigenvalue weighted by Crippen LogP contribution is -2.53. The van der Waals surface area contributed by atoms with Gasteiger partial charge in [0.25, 0.3) is 0 Å². The summed E-state index contributed by atoms with van der Waals surface area (Å²) in [4.78, 5) is 28.2. The lowest BCUT2D eigenvalue weighted by molar-refractivity contribution is -0.139. The fourth-order valence-electron chi connectivity index (χ4n) is 4.12. The summed E-state index contributed by atoms with van der Waals surface area (Å²) < 4.78 is 52.0. The van der Waals surface area contributed by atoms with Crippen molar-refractivity contribution in [1.82, 2.24) is 10.2 Å². The topological polar surface area (TPSA) is 105 Å². The van der Waals surface area contributed by atoms with Gasteiger partial charge in [-0.25, -0.2) is 12.8 Å². The molecule has 0 aliphatic carbocycles. The molecule has 9 nitrogen and oxygen atoms in total. The number of anilines is 1. The van der Waals surface area contributed by atoms with Crippen LogP contribution >= 0.6 is 0 Å². The molecule has 0 bridgehead atoms. The van der Waals surface area contributed by atoms with E-state index < -0.39 is 40.2 Å². The van der Waals surface area contributed by atoms with Crippen molar-refractivity contribution in [3.05, 3.63) is 89.7 Å². The summed E-state index contributed by atoms with van der Waals surface area (Å²) in [6.45, 7) is -0.911. The Morgan fingerprint density at radius 2 is 1.64 bits per heavy atom. The van der Waals surface area contributed by atoms with Crippen LogP contribution in [-0.2, 0) is 32.6 Å². The van der Waals surface area contributed by atoms with E-state index in [1.165, 1.54) is 56.5 Å². The van der Waals surface area contributed by atoms with Crippen LogP contribution in [0.25, 0.3) is 0 Å². The highest BCUT2D eigenvalue weighted by molar-refractivity contribution is 7.92. The number of nitrogens with one attached hydrogen (secondary N) is 1. The lowest BCUT2D eigenvalue weighted by Gasteiger charge is -2.33. The molecule has 11 heteroatoms. The minimum absolute atomic E-state index is 0.111. The number of ether oxygens (including phenoxy) is 2. The summed E-state index contributed by atoms with van der Waals surface area (Å²) in [5.74, 6) is -1.13. The Balaban J connectivity index is 2.07. The molecule has 0 heterocycles. The van der Waals surface area contributed by atoms with Gasteiger partial charge in [0.2, 0.25) is 21.8 Å². The SMILES string of the molecule is CNC(=O)[C@@H](Cc1ccccc1)N(Cc1ccccc1F)C(=O)CN(c1ccc(OC)cc1OC)S(C)(=O)=O. The van der Waals surface area contributed by atoms with E-state index >= 15 is 0 Å². The Morgan fingerprint density at radius 3 is 2.23 bits per heavy atom. The van der Waals surface area contributed by atoms with Crippen LogP contribution in [0.4, 0.5) is 10.1 Å². The number of hydrogen-bond donors (Lipinski definition) is 1. The monoisotopic (exact) mass is 557 g/mol. The summed E-state index contributed by atoms with van der Waals surface area (Å²) in [7, 11) is 0.266. The van der Waals surface area contributed by atoms with Gasteiger partial charge in [0.1, 0.15) is 29.9 Å². The summed E-state index contributed by atoms with van der Waals surface area (Å²) >= 11 is 0. The number of carbonyl (C=O) groups is 2. The first-order valence-electron chi connectivity index (χ1n) is 12.1. The van der Waals surface area contributed by atoms with E-state index in [1.54, 1.807) is 24.3 Å². The van der Waals surface area contributed by atoms with E-state index in [0.29, 0.717) is 5.75 Å². The highest BCUT2D eigenvalue weighted by Crippen LogP contribution is 2.33. The number of sulfonamides is 1. The van der Waals surface area contributed by atoms with E-state index in [1.807, 2.05) is 18.2 Å². The maximum Gasteiger partial charge on any atom is 0.244 e. The Bertz CT molecular complexity index is 1400. The molecule has 0 aliphatic rings. The molecular formula is C28H32FN3O6S. The molecule has 0 fully saturated rings. The van der Waals surface area contributed by atoms with Gasteiger partial charge in [-0.3, -0.25) is 13.9 Å². The minimum Gasteiger partial charge on any atom is -0.497 e. The molecule has 0 unspecified atom stereocenters. The zero-order valence-electron chi connectivity index (χ0n) is 22.3. The molecule has 208 valence electrons. The second kappa shape index (κ2) is 13.1. The quantitative estimate of drug-likeness (QED) is 0.367. The van der Waals surface area contributed by atoms with Gasteiger partial charge in [0.05, 0.1) is 26.2 Å². The third-order valence-electron chi connectivity index (χ3n) is 6.15. The number of halogens is 1. The number of carbonyl (C=O) groups excluding carboxylic acids is 2. The zero-order chi connectivity index (χ0) is 28.6. The fraction of sp³-hybridized carbons (Fsp3) is 0.286. The van der Waals surface area contributed by atoms with Gasteiger partial charge in [-0.1, -0.05) is 48.5 Å². The molecule has 0 radical (unpaired) electrons. The number of hydrogen-bond acceptors (Lipinski definition) is 6. The number of rotatable bonds is 12. The van der Waals surface area contributed by atoms with Crippen molar-refractivity contribution in [2.45, 2.75) is 19.0 Å². The van der Waals surface area contributed by atoms with Crippen molar-refractivity contribution < 1.29 is 31.9 Å². The summed E-state index contributed by atoms with van der Waals surface area (Å²) in [5.41, 5.74) is 1.06. The molecule has 0 saturated heterocycles. The number of amides is 2. The molecule has 0 aliphatic heterocycles. The van der Waals surface area contributed by atoms with Crippen molar-refractivity contribution in [2.75, 3.05) is 38.4 Å². The van der Waals surface area contributed by atoms with Crippen LogP contribution in [0.1, 0.15) is 11.1 Å². The number of methoxy groups -OCH3 is 2. The molecule has 39 heavy (non-hydrogen) atoms. The van der Waals surface area contributed by atoms with Crippen LogP contribution in [-0.4, -0.2) is 65.2 Å². The first kappa shape index (κ1) is 29.4. The molecule has 0 saturated carbocycles. The van der Waals surface area contributed by atoms with Crippen LogP contribution in [0.2, 0.25) is 0 Å². The largest absolute Gasteiger partial charge is 0.497 e. The molecule has 0 spiro atoms. The Hall–Kier alpha value is -4.12. The summed E-state index contributed by atoms with van der Waals surface area (Å²) in [5, 5.41) is 2.57. The molecular weight excluding hydrogens is 525 g/mol. The highest BCUT2D eigenvalue weighted by atomic mass is 32.2. The van der Waals surface area contributed by atoms with Gasteiger partial charge in [-0.2, -0.15) is 0 Å². The van der Waals surface area contributed by atoms with Crippen LogP contribution in [0, 0.1) is 5.82 Å². The van der Waals surface area contributed by atoms with Gasteiger partial charge in [0.15, 0.2) is 0 Å². The lowest BCUT2D eigenvalue weighted by atomic mass is 10.0. The predicted octanol–water partition coefficient (Wildman–Crippen LogP) is 3.00. The first-order valence-corrected chi connectivity index (χ1v) is 13.9. The van der Waals surface area contributed by atoms with Crippen molar-refractivity contribution in [1.29, 1.82) is 0 Å². The third-order valence-corrected chi connectivity index (χ3v) is 7.28. The Labute approximate surface area is 228 Å².